The molecular weight excluding hydrogens is 482 g/mol. The molecule has 0 aliphatic rings. The molecule has 0 aliphatic heterocycles. The number of halogens is 5. The zero-order valence-corrected chi connectivity index (χ0v) is 18.9. The molecule has 2 aromatic heterocycles. The van der Waals surface area contributed by atoms with E-state index in [1.54, 1.807) is 18.5 Å². The van der Waals surface area contributed by atoms with Gasteiger partial charge < -0.3 is 15.8 Å². The van der Waals surface area contributed by atoms with Gasteiger partial charge >= 0.3 is 12.1 Å². The standard InChI is InChI=1S/C11H7Cl2F3N4.C10H13NO2/c12-7-2-1-5(3-8(7)13)19-10-18-4-6(9(17)20-10)11(14,15)16;1-2-13-10(12)6-5-9-4-3-7-11-8-9/h1-4H,(H3,17,18,19,20);3-4,7-8H,2,5-6H2,1H3. The number of alkyl halides is 3. The van der Waals surface area contributed by atoms with Crippen LogP contribution in [0.4, 0.5) is 30.6 Å². The molecule has 7 nitrogen and oxygen atoms in total. The van der Waals surface area contributed by atoms with Crippen molar-refractivity contribution in [3.05, 3.63) is 70.1 Å². The van der Waals surface area contributed by atoms with Gasteiger partial charge in [0.1, 0.15) is 11.4 Å². The number of esters is 1. The zero-order chi connectivity index (χ0) is 24.4. The molecule has 0 aliphatic carbocycles. The Kier molecular flexibility index (Phi) is 9.68. The highest BCUT2D eigenvalue weighted by atomic mass is 35.5. The van der Waals surface area contributed by atoms with Gasteiger partial charge in [0, 0.05) is 30.7 Å². The minimum atomic E-state index is -4.59. The normalized spacial score (nSPS) is 10.7. The lowest BCUT2D eigenvalue weighted by atomic mass is 10.2. The summed E-state index contributed by atoms with van der Waals surface area (Å²) in [4.78, 5) is 22.0. The summed E-state index contributed by atoms with van der Waals surface area (Å²) in [6.07, 6.45) is 0.633. The number of nitrogen functional groups attached to an aromatic ring is 1. The first-order valence-electron chi connectivity index (χ1n) is 9.56. The number of aryl methyl sites for hydroxylation is 1. The highest BCUT2D eigenvalue weighted by Gasteiger charge is 2.34. The van der Waals surface area contributed by atoms with E-state index in [9.17, 15) is 18.0 Å². The highest BCUT2D eigenvalue weighted by Crippen LogP contribution is 2.33. The summed E-state index contributed by atoms with van der Waals surface area (Å²) in [5.74, 6) is -0.879. The van der Waals surface area contributed by atoms with Crippen molar-refractivity contribution in [3.8, 4) is 0 Å². The summed E-state index contributed by atoms with van der Waals surface area (Å²) >= 11 is 11.6. The number of rotatable bonds is 6. The molecular formula is C21H20Cl2F3N5O2. The molecule has 3 N–H and O–H groups in total. The predicted molar refractivity (Wildman–Crippen MR) is 120 cm³/mol. The Balaban J connectivity index is 0.000000257. The fourth-order valence-electron chi connectivity index (χ4n) is 2.40. The molecule has 0 spiro atoms. The van der Waals surface area contributed by atoms with E-state index in [1.165, 1.54) is 12.1 Å². The molecule has 176 valence electrons. The summed E-state index contributed by atoms with van der Waals surface area (Å²) in [5.41, 5.74) is 5.71. The summed E-state index contributed by atoms with van der Waals surface area (Å²) in [5, 5.41) is 3.32. The Bertz CT molecular complexity index is 1070. The first-order valence-corrected chi connectivity index (χ1v) is 10.3. The summed E-state index contributed by atoms with van der Waals surface area (Å²) < 4.78 is 42.3. The molecule has 1 aromatic carbocycles. The summed E-state index contributed by atoms with van der Waals surface area (Å²) in [7, 11) is 0. The quantitative estimate of drug-likeness (QED) is 0.417. The molecule has 0 atom stereocenters. The second-order valence-electron chi connectivity index (χ2n) is 6.41. The fourth-order valence-corrected chi connectivity index (χ4v) is 2.70. The molecule has 3 rings (SSSR count). The molecule has 2 heterocycles. The van der Waals surface area contributed by atoms with Crippen molar-refractivity contribution in [2.75, 3.05) is 17.7 Å². The van der Waals surface area contributed by atoms with E-state index in [-0.39, 0.29) is 16.9 Å². The molecule has 0 unspecified atom stereocenters. The SMILES string of the molecule is CCOC(=O)CCc1cccnc1.Nc1nc(Nc2ccc(Cl)c(Cl)c2)ncc1C(F)(F)F. The number of hydrogen-bond acceptors (Lipinski definition) is 7. The molecule has 33 heavy (non-hydrogen) atoms. The number of hydrogen-bond donors (Lipinski definition) is 2. The zero-order valence-electron chi connectivity index (χ0n) is 17.4. The van der Waals surface area contributed by atoms with Gasteiger partial charge in [-0.2, -0.15) is 18.2 Å². The summed E-state index contributed by atoms with van der Waals surface area (Å²) in [6.45, 7) is 2.26. The van der Waals surface area contributed by atoms with Crippen molar-refractivity contribution in [3.63, 3.8) is 0 Å². The lowest BCUT2D eigenvalue weighted by Crippen LogP contribution is -2.12. The molecule has 0 radical (unpaired) electrons. The van der Waals surface area contributed by atoms with Crippen LogP contribution >= 0.6 is 23.2 Å². The lowest BCUT2D eigenvalue weighted by Gasteiger charge is -2.10. The van der Waals surface area contributed by atoms with Crippen molar-refractivity contribution in [2.24, 2.45) is 0 Å². The van der Waals surface area contributed by atoms with E-state index >= 15 is 0 Å². The number of nitrogens with zero attached hydrogens (tertiary/aromatic N) is 3. The molecule has 0 bridgehead atoms. The maximum Gasteiger partial charge on any atom is 0.421 e. The number of anilines is 3. The maximum atomic E-state index is 12.5. The predicted octanol–water partition coefficient (Wildman–Crippen LogP) is 5.71. The van der Waals surface area contributed by atoms with Gasteiger partial charge in [-0.3, -0.25) is 9.78 Å². The van der Waals surface area contributed by atoms with Crippen molar-refractivity contribution >= 4 is 46.6 Å². The van der Waals surface area contributed by atoms with Gasteiger partial charge in [0.05, 0.1) is 16.7 Å². The van der Waals surface area contributed by atoms with Gasteiger partial charge in [0.2, 0.25) is 5.95 Å². The molecule has 12 heteroatoms. The van der Waals surface area contributed by atoms with Gasteiger partial charge in [-0.05, 0) is 43.2 Å². The van der Waals surface area contributed by atoms with E-state index in [4.69, 9.17) is 33.7 Å². The van der Waals surface area contributed by atoms with Crippen LogP contribution in [-0.4, -0.2) is 27.5 Å². The molecule has 0 saturated carbocycles. The first-order chi connectivity index (χ1) is 15.6. The van der Waals surface area contributed by atoms with E-state index in [2.05, 4.69) is 20.3 Å². The van der Waals surface area contributed by atoms with Crippen molar-refractivity contribution in [2.45, 2.75) is 25.9 Å². The Morgan fingerprint density at radius 1 is 1.18 bits per heavy atom. The number of pyridine rings is 1. The molecule has 0 saturated heterocycles. The van der Waals surface area contributed by atoms with Crippen LogP contribution in [0.5, 0.6) is 0 Å². The molecule has 0 amide bonds. The minimum absolute atomic E-state index is 0.0751. The maximum absolute atomic E-state index is 12.5. The number of aromatic nitrogens is 3. The third kappa shape index (κ3) is 8.74. The number of nitrogens with one attached hydrogen (secondary N) is 1. The van der Waals surface area contributed by atoms with Crippen LogP contribution in [0.15, 0.2) is 48.9 Å². The van der Waals surface area contributed by atoms with Gasteiger partial charge in [-0.15, -0.1) is 0 Å². The number of benzene rings is 1. The van der Waals surface area contributed by atoms with Gasteiger partial charge in [-0.1, -0.05) is 29.3 Å². The Labute approximate surface area is 198 Å². The van der Waals surface area contributed by atoms with E-state index < -0.39 is 17.6 Å². The van der Waals surface area contributed by atoms with Crippen LogP contribution < -0.4 is 11.1 Å². The Morgan fingerprint density at radius 3 is 2.52 bits per heavy atom. The van der Waals surface area contributed by atoms with Crippen LogP contribution in [0.2, 0.25) is 10.0 Å². The number of ether oxygens (including phenoxy) is 1. The first kappa shape index (κ1) is 26.1. The van der Waals surface area contributed by atoms with Gasteiger partial charge in [0.25, 0.3) is 0 Å². The lowest BCUT2D eigenvalue weighted by molar-refractivity contribution is -0.143. The van der Waals surface area contributed by atoms with Crippen LogP contribution in [0.25, 0.3) is 0 Å². The number of carbonyl (C=O) groups is 1. The van der Waals surface area contributed by atoms with E-state index in [0.29, 0.717) is 36.4 Å². The average Bonchev–Trinajstić information content (AvgIpc) is 2.75. The van der Waals surface area contributed by atoms with E-state index in [0.717, 1.165) is 5.56 Å². The second-order valence-corrected chi connectivity index (χ2v) is 7.22. The topological polar surface area (TPSA) is 103 Å². The largest absolute Gasteiger partial charge is 0.466 e. The van der Waals surface area contributed by atoms with E-state index in [1.807, 2.05) is 19.1 Å². The third-order valence-corrected chi connectivity index (χ3v) is 4.68. The van der Waals surface area contributed by atoms with Crippen molar-refractivity contribution in [1.82, 2.24) is 15.0 Å². The minimum Gasteiger partial charge on any atom is -0.466 e. The van der Waals surface area contributed by atoms with Crippen LogP contribution in [0, 0.1) is 0 Å². The highest BCUT2D eigenvalue weighted by molar-refractivity contribution is 6.42. The van der Waals surface area contributed by atoms with Gasteiger partial charge in [-0.25, -0.2) is 4.98 Å². The second kappa shape index (κ2) is 12.2. The average molecular weight is 502 g/mol. The number of carbonyl (C=O) groups excluding carboxylic acids is 1. The van der Waals surface area contributed by atoms with Crippen LogP contribution in [-0.2, 0) is 22.1 Å². The van der Waals surface area contributed by atoms with Crippen LogP contribution in [0.3, 0.4) is 0 Å². The Hall–Kier alpha value is -3.11. The summed E-state index contributed by atoms with van der Waals surface area (Å²) in [6, 6.07) is 8.40. The Morgan fingerprint density at radius 2 is 1.94 bits per heavy atom. The molecule has 0 fully saturated rings. The third-order valence-electron chi connectivity index (χ3n) is 3.95. The van der Waals surface area contributed by atoms with Gasteiger partial charge in [0.15, 0.2) is 0 Å². The van der Waals surface area contributed by atoms with Crippen LogP contribution in [0.1, 0.15) is 24.5 Å². The fraction of sp³-hybridized carbons (Fsp3) is 0.238. The molecule has 3 aromatic rings. The number of nitrogens with two attached hydrogens (primary N) is 1. The van der Waals surface area contributed by atoms with Crippen molar-refractivity contribution < 1.29 is 22.7 Å². The monoisotopic (exact) mass is 501 g/mol. The van der Waals surface area contributed by atoms with Crippen molar-refractivity contribution in [1.29, 1.82) is 0 Å². The smallest absolute Gasteiger partial charge is 0.421 e.